The van der Waals surface area contributed by atoms with Gasteiger partial charge in [-0.15, -0.1) is 24.8 Å². The van der Waals surface area contributed by atoms with Gasteiger partial charge in [0.25, 0.3) is 0 Å². The van der Waals surface area contributed by atoms with Crippen LogP contribution in [0.1, 0.15) is 11.6 Å². The van der Waals surface area contributed by atoms with Gasteiger partial charge in [0.2, 0.25) is 0 Å². The Morgan fingerprint density at radius 1 is 1.22 bits per heavy atom. The normalized spacial score (nSPS) is 16.9. The summed E-state index contributed by atoms with van der Waals surface area (Å²) < 4.78 is 58.5. The Morgan fingerprint density at radius 2 is 1.78 bits per heavy atom. The first-order valence-electron chi connectivity index (χ1n) is 6.42. The van der Waals surface area contributed by atoms with Crippen molar-refractivity contribution >= 4 is 24.8 Å². The predicted molar refractivity (Wildman–Crippen MR) is 82.4 cm³/mol. The van der Waals surface area contributed by atoms with E-state index in [0.29, 0.717) is 19.2 Å². The van der Waals surface area contributed by atoms with Crippen molar-refractivity contribution in [2.75, 3.05) is 33.3 Å². The summed E-state index contributed by atoms with van der Waals surface area (Å²) in [6.45, 7) is 1.12. The van der Waals surface area contributed by atoms with Crippen LogP contribution < -0.4 is 10.1 Å². The molecule has 0 aliphatic carbocycles. The van der Waals surface area contributed by atoms with Crippen LogP contribution in [0, 0.1) is 5.82 Å². The van der Waals surface area contributed by atoms with Crippen LogP contribution in [0.5, 0.6) is 11.5 Å². The van der Waals surface area contributed by atoms with Crippen LogP contribution in [0.3, 0.4) is 0 Å². The number of nitrogens with one attached hydrogen (secondary N) is 1. The van der Waals surface area contributed by atoms with Crippen molar-refractivity contribution in [2.24, 2.45) is 0 Å². The number of rotatable bonds is 3. The van der Waals surface area contributed by atoms with Gasteiger partial charge in [-0.25, -0.2) is 4.39 Å². The van der Waals surface area contributed by atoms with Gasteiger partial charge in [0.1, 0.15) is 11.9 Å². The van der Waals surface area contributed by atoms with Crippen molar-refractivity contribution in [3.63, 3.8) is 0 Å². The van der Waals surface area contributed by atoms with Crippen molar-refractivity contribution in [2.45, 2.75) is 12.2 Å². The molecule has 134 valence electrons. The SMILES string of the molecule is COc1cc(F)cc([C@@H](N2CCNCC2)C(F)(F)F)c1O.Cl.Cl. The average Bonchev–Trinajstić information content (AvgIpc) is 2.42. The van der Waals surface area contributed by atoms with E-state index in [2.05, 4.69) is 5.32 Å². The summed E-state index contributed by atoms with van der Waals surface area (Å²) in [6, 6.07) is -0.508. The molecule has 0 bridgehead atoms. The second-order valence-electron chi connectivity index (χ2n) is 4.78. The fourth-order valence-corrected chi connectivity index (χ4v) is 2.48. The summed E-state index contributed by atoms with van der Waals surface area (Å²) in [5, 5.41) is 12.9. The van der Waals surface area contributed by atoms with Crippen molar-refractivity contribution < 1.29 is 27.4 Å². The highest BCUT2D eigenvalue weighted by Crippen LogP contribution is 2.44. The molecule has 1 heterocycles. The fraction of sp³-hybridized carbons (Fsp3) is 0.538. The summed E-state index contributed by atoms with van der Waals surface area (Å²) in [7, 11) is 1.16. The molecule has 1 fully saturated rings. The van der Waals surface area contributed by atoms with E-state index in [0.717, 1.165) is 13.2 Å². The number of alkyl halides is 3. The highest BCUT2D eigenvalue weighted by atomic mass is 35.5. The molecule has 0 unspecified atom stereocenters. The zero-order valence-corrected chi connectivity index (χ0v) is 13.8. The van der Waals surface area contributed by atoms with Gasteiger partial charge in [0.05, 0.1) is 7.11 Å². The molecule has 0 aromatic heterocycles. The average molecular weight is 381 g/mol. The van der Waals surface area contributed by atoms with E-state index in [1.54, 1.807) is 0 Å². The zero-order valence-electron chi connectivity index (χ0n) is 12.2. The summed E-state index contributed by atoms with van der Waals surface area (Å²) in [5.74, 6) is -1.88. The van der Waals surface area contributed by atoms with Crippen LogP contribution in [0.4, 0.5) is 17.6 Å². The van der Waals surface area contributed by atoms with E-state index in [9.17, 15) is 22.7 Å². The monoisotopic (exact) mass is 380 g/mol. The van der Waals surface area contributed by atoms with Gasteiger partial charge >= 0.3 is 6.18 Å². The van der Waals surface area contributed by atoms with Crippen molar-refractivity contribution in [1.82, 2.24) is 10.2 Å². The first-order chi connectivity index (χ1) is 9.84. The fourth-order valence-electron chi connectivity index (χ4n) is 2.48. The first-order valence-corrected chi connectivity index (χ1v) is 6.42. The molecular formula is C13H18Cl2F4N2O2. The molecule has 10 heteroatoms. The summed E-state index contributed by atoms with van der Waals surface area (Å²) in [5.41, 5.74) is -0.527. The van der Waals surface area contributed by atoms with E-state index in [-0.39, 0.29) is 43.7 Å². The number of phenolic OH excluding ortho intramolecular Hbond substituents is 1. The van der Waals surface area contributed by atoms with Gasteiger partial charge in [-0.2, -0.15) is 13.2 Å². The van der Waals surface area contributed by atoms with Crippen LogP contribution in [-0.4, -0.2) is 49.5 Å². The van der Waals surface area contributed by atoms with Crippen LogP contribution in [-0.2, 0) is 0 Å². The Kier molecular flexibility index (Phi) is 8.40. The van der Waals surface area contributed by atoms with E-state index in [1.165, 1.54) is 4.90 Å². The molecule has 1 aliphatic rings. The maximum Gasteiger partial charge on any atom is 0.408 e. The van der Waals surface area contributed by atoms with Gasteiger partial charge in [0, 0.05) is 37.8 Å². The Bertz CT molecular complexity index is 511. The van der Waals surface area contributed by atoms with Gasteiger partial charge in [-0.05, 0) is 6.07 Å². The summed E-state index contributed by atoms with van der Waals surface area (Å²) >= 11 is 0. The van der Waals surface area contributed by atoms with Gasteiger partial charge in [-0.3, -0.25) is 4.90 Å². The number of nitrogens with zero attached hydrogens (tertiary/aromatic N) is 1. The molecule has 23 heavy (non-hydrogen) atoms. The first kappa shape index (κ1) is 22.0. The highest BCUT2D eigenvalue weighted by Gasteiger charge is 2.46. The minimum absolute atomic E-state index is 0. The number of piperazine rings is 1. The van der Waals surface area contributed by atoms with E-state index in [1.807, 2.05) is 0 Å². The number of ether oxygens (including phenoxy) is 1. The molecular weight excluding hydrogens is 363 g/mol. The van der Waals surface area contributed by atoms with Crippen LogP contribution >= 0.6 is 24.8 Å². The third-order valence-electron chi connectivity index (χ3n) is 3.41. The van der Waals surface area contributed by atoms with E-state index in [4.69, 9.17) is 4.74 Å². The molecule has 0 amide bonds. The lowest BCUT2D eigenvalue weighted by Gasteiger charge is -2.36. The number of benzene rings is 1. The summed E-state index contributed by atoms with van der Waals surface area (Å²) in [4.78, 5) is 1.17. The van der Waals surface area contributed by atoms with E-state index >= 15 is 0 Å². The summed E-state index contributed by atoms with van der Waals surface area (Å²) in [6.07, 6.45) is -4.63. The minimum Gasteiger partial charge on any atom is -0.504 e. The van der Waals surface area contributed by atoms with Gasteiger partial charge in [-0.1, -0.05) is 0 Å². The molecule has 0 radical (unpaired) electrons. The third kappa shape index (κ3) is 5.00. The second-order valence-corrected chi connectivity index (χ2v) is 4.78. The van der Waals surface area contributed by atoms with E-state index < -0.39 is 29.3 Å². The maximum atomic E-state index is 13.5. The Balaban J connectivity index is 0.00000242. The molecule has 0 spiro atoms. The molecule has 2 rings (SSSR count). The van der Waals surface area contributed by atoms with Crippen LogP contribution in [0.2, 0.25) is 0 Å². The number of halogens is 6. The molecule has 1 saturated heterocycles. The highest BCUT2D eigenvalue weighted by molar-refractivity contribution is 5.85. The molecule has 2 N–H and O–H groups in total. The molecule has 1 aromatic carbocycles. The second kappa shape index (κ2) is 8.77. The Hall–Kier alpha value is -0.960. The largest absolute Gasteiger partial charge is 0.504 e. The third-order valence-corrected chi connectivity index (χ3v) is 3.41. The number of aromatic hydroxyl groups is 1. The Labute approximate surface area is 143 Å². The lowest BCUT2D eigenvalue weighted by atomic mass is 10.0. The van der Waals surface area contributed by atoms with Crippen LogP contribution in [0.25, 0.3) is 0 Å². The molecule has 0 saturated carbocycles. The maximum absolute atomic E-state index is 13.5. The molecule has 1 aliphatic heterocycles. The standard InChI is InChI=1S/C13H16F4N2O2.2ClH/c1-21-10-7-8(14)6-9(11(10)20)12(13(15,16)17)19-4-2-18-3-5-19;;/h6-7,12,18,20H,2-5H2,1H3;2*1H/t12-;;/m1../s1. The quantitative estimate of drug-likeness (QED) is 0.791. The number of hydrogen-bond donors (Lipinski definition) is 2. The number of methoxy groups -OCH3 is 1. The van der Waals surface area contributed by atoms with Crippen molar-refractivity contribution in [1.29, 1.82) is 0 Å². The molecule has 1 aromatic rings. The molecule has 4 nitrogen and oxygen atoms in total. The predicted octanol–water partition coefficient (Wildman–Crippen LogP) is 2.89. The number of phenols is 1. The van der Waals surface area contributed by atoms with Gasteiger partial charge < -0.3 is 15.2 Å². The van der Waals surface area contributed by atoms with Crippen molar-refractivity contribution in [3.05, 3.63) is 23.5 Å². The van der Waals surface area contributed by atoms with Gasteiger partial charge in [0.15, 0.2) is 11.5 Å². The molecule has 1 atom stereocenters. The lowest BCUT2D eigenvalue weighted by molar-refractivity contribution is -0.188. The number of hydrogen-bond acceptors (Lipinski definition) is 4. The van der Waals surface area contributed by atoms with Crippen molar-refractivity contribution in [3.8, 4) is 11.5 Å². The zero-order chi connectivity index (χ0) is 15.6. The van der Waals surface area contributed by atoms with Crippen LogP contribution in [0.15, 0.2) is 12.1 Å². The minimum atomic E-state index is -4.63. The topological polar surface area (TPSA) is 44.7 Å². The Morgan fingerprint density at radius 3 is 2.26 bits per heavy atom. The lowest BCUT2D eigenvalue weighted by Crippen LogP contribution is -2.49. The smallest absolute Gasteiger partial charge is 0.408 e.